The number of H-pyrrole nitrogens is 2. The van der Waals surface area contributed by atoms with Crippen LogP contribution in [-0.2, 0) is 48.1 Å². The van der Waals surface area contributed by atoms with Crippen LogP contribution in [0.2, 0.25) is 0 Å². The van der Waals surface area contributed by atoms with Gasteiger partial charge in [0.2, 0.25) is 0 Å². The number of nitrogens with one attached hydrogen (secondary N) is 2. The molecule has 736 valence electrons. The summed E-state index contributed by atoms with van der Waals surface area (Å²) in [7, 11) is 0. The first-order chi connectivity index (χ1) is 69.6. The zero-order chi connectivity index (χ0) is 104. The average molecular weight is 1930 g/mol. The van der Waals surface area contributed by atoms with Crippen LogP contribution >= 0.6 is 0 Å². The van der Waals surface area contributed by atoms with Crippen LogP contribution in [-0.4, -0.2) is 31.0 Å². The van der Waals surface area contributed by atoms with Crippen LogP contribution < -0.4 is 19.6 Å². The van der Waals surface area contributed by atoms with Crippen LogP contribution in [0.4, 0.5) is 68.2 Å². The third kappa shape index (κ3) is 21.9. The lowest BCUT2D eigenvalue weighted by Crippen LogP contribution is -2.14. The topological polar surface area (TPSA) is 131 Å². The molecule has 0 saturated carbocycles. The molecule has 3 N–H and O–H groups in total. The number of carboxylic acids is 1. The Bertz CT molecular complexity index is 7760. The van der Waals surface area contributed by atoms with E-state index in [9.17, 15) is 15.2 Å². The lowest BCUT2D eigenvalue weighted by atomic mass is 9.86. The van der Waals surface area contributed by atoms with Crippen LogP contribution in [0.25, 0.3) is 97.0 Å². The molecule has 147 heavy (non-hydrogen) atoms. The Morgan fingerprint density at radius 1 is 0.265 bits per heavy atom. The third-order valence-corrected chi connectivity index (χ3v) is 28.4. The zero-order valence-corrected chi connectivity index (χ0v) is 89.6. The number of anilines is 12. The second-order valence-corrected chi connectivity index (χ2v) is 47.4. The highest BCUT2D eigenvalue weighted by molar-refractivity contribution is 6.03. The maximum Gasteiger partial charge on any atom is 0.346 e. The summed E-state index contributed by atoms with van der Waals surface area (Å²) in [4.78, 5) is 42.1. The van der Waals surface area contributed by atoms with E-state index >= 15 is 0 Å². The highest BCUT2D eigenvalue weighted by atomic mass is 16.4. The van der Waals surface area contributed by atoms with Crippen molar-refractivity contribution in [3.8, 4) is 62.4 Å². The molecule has 0 radical (unpaired) electrons. The fraction of sp³-hybridized carbons (Fsp3) is 0.235. The molecule has 3 aromatic heterocycles. The van der Waals surface area contributed by atoms with Gasteiger partial charge in [0.1, 0.15) is 11.6 Å². The number of aromatic amines is 2. The zero-order valence-electron chi connectivity index (χ0n) is 89.6. The van der Waals surface area contributed by atoms with E-state index in [4.69, 9.17) is 9.97 Å². The molecule has 11 nitrogen and oxygen atoms in total. The van der Waals surface area contributed by atoms with Crippen molar-refractivity contribution in [2.24, 2.45) is 0 Å². The van der Waals surface area contributed by atoms with E-state index in [-0.39, 0.29) is 48.9 Å². The molecule has 16 aromatic rings. The van der Waals surface area contributed by atoms with E-state index in [1.54, 1.807) is 12.1 Å². The van der Waals surface area contributed by atoms with Crippen LogP contribution in [0.1, 0.15) is 250 Å². The number of hydrogen-bond acceptors (Lipinski definition) is 8. The Morgan fingerprint density at radius 2 is 0.476 bits per heavy atom. The number of aliphatic carboxylic acids is 1. The molecule has 8 bridgehead atoms. The molecule has 2 aliphatic rings. The van der Waals surface area contributed by atoms with Crippen LogP contribution in [0.5, 0.6) is 0 Å². The van der Waals surface area contributed by atoms with Gasteiger partial charge in [-0.25, -0.2) is 14.8 Å². The molecule has 0 aliphatic carbocycles. The Morgan fingerprint density at radius 3 is 0.694 bits per heavy atom. The number of carbonyl (C=O) groups is 1. The first kappa shape index (κ1) is 101. The molecule has 0 atom stereocenters. The van der Waals surface area contributed by atoms with E-state index in [1.807, 2.05) is 18.2 Å². The smallest absolute Gasteiger partial charge is 0.346 e. The van der Waals surface area contributed by atoms with Crippen LogP contribution in [0.15, 0.2) is 339 Å². The molecule has 5 heterocycles. The summed E-state index contributed by atoms with van der Waals surface area (Å²) in [5.74, 6) is 6.07. The van der Waals surface area contributed by atoms with Crippen molar-refractivity contribution in [3.63, 3.8) is 0 Å². The molecular weight excluding hydrogens is 1790 g/mol. The van der Waals surface area contributed by atoms with Gasteiger partial charge in [-0.3, -0.25) is 0 Å². The minimum Gasteiger partial charge on any atom is -0.477 e. The Labute approximate surface area is 870 Å². The molecule has 0 fully saturated rings. The Balaban J connectivity index is 0.932. The number of nitrogens with zero attached hydrogens (tertiary/aromatic N) is 7. The molecule has 13 aromatic carbocycles. The fourth-order valence-corrected chi connectivity index (χ4v) is 19.5. The molecule has 2 aliphatic heterocycles. The number of hydrogen-bond donors (Lipinski definition) is 3. The van der Waals surface area contributed by atoms with Gasteiger partial charge in [0.25, 0.3) is 0 Å². The van der Waals surface area contributed by atoms with Gasteiger partial charge >= 0.3 is 5.97 Å². The summed E-state index contributed by atoms with van der Waals surface area (Å²) in [6, 6.07) is 123. The van der Waals surface area contributed by atoms with Gasteiger partial charge in [0.05, 0.1) is 33.9 Å². The summed E-state index contributed by atoms with van der Waals surface area (Å²) in [5.41, 5.74) is 36.0. The summed E-state index contributed by atoms with van der Waals surface area (Å²) in [6.45, 7) is 54.2. The van der Waals surface area contributed by atoms with Crippen molar-refractivity contribution in [2.75, 3.05) is 19.6 Å². The van der Waals surface area contributed by atoms with Crippen LogP contribution in [0, 0.1) is 23.2 Å². The number of fused-ring (bicyclic) bond motifs is 8. The molecular formula is C136H135N9O2. The van der Waals surface area contributed by atoms with Crippen molar-refractivity contribution in [3.05, 3.63) is 423 Å². The van der Waals surface area contributed by atoms with Gasteiger partial charge in [-0.05, 0) is 322 Å². The Kier molecular flexibility index (Phi) is 27.1. The normalized spacial score (nSPS) is 12.6. The third-order valence-electron chi connectivity index (χ3n) is 28.4. The van der Waals surface area contributed by atoms with Crippen molar-refractivity contribution in [2.45, 2.75) is 209 Å². The summed E-state index contributed by atoms with van der Waals surface area (Å²) in [5, 5.41) is 19.9. The van der Waals surface area contributed by atoms with Gasteiger partial charge in [-0.15, -0.1) is 0 Å². The summed E-state index contributed by atoms with van der Waals surface area (Å²) < 4.78 is 0. The molecule has 11 heteroatoms. The van der Waals surface area contributed by atoms with Crippen molar-refractivity contribution >= 4 is 127 Å². The molecule has 0 saturated heterocycles. The number of aromatic nitrogens is 4. The van der Waals surface area contributed by atoms with E-state index in [2.05, 4.69) is 541 Å². The number of carboxylic acid groups (broad SMARTS) is 1. The lowest BCUT2D eigenvalue weighted by molar-refractivity contribution is -0.132. The van der Waals surface area contributed by atoms with Gasteiger partial charge in [-0.2, -0.15) is 5.26 Å². The molecule has 0 unspecified atom stereocenters. The number of rotatable bonds is 18. The molecule has 0 amide bonds. The van der Waals surface area contributed by atoms with Crippen LogP contribution in [0.3, 0.4) is 0 Å². The predicted octanol–water partition coefficient (Wildman–Crippen LogP) is 37.0. The van der Waals surface area contributed by atoms with Crippen molar-refractivity contribution < 1.29 is 9.90 Å². The summed E-state index contributed by atoms with van der Waals surface area (Å²) >= 11 is 0. The fourth-order valence-electron chi connectivity index (χ4n) is 19.5. The largest absolute Gasteiger partial charge is 0.477 e. The van der Waals surface area contributed by atoms with E-state index in [1.165, 1.54) is 50.6 Å². The molecule has 0 spiro atoms. The second-order valence-electron chi connectivity index (χ2n) is 47.4. The van der Waals surface area contributed by atoms with E-state index in [0.717, 1.165) is 141 Å². The van der Waals surface area contributed by atoms with Crippen molar-refractivity contribution in [1.29, 1.82) is 5.26 Å². The first-order valence-electron chi connectivity index (χ1n) is 51.3. The maximum absolute atomic E-state index is 12.3. The van der Waals surface area contributed by atoms with Gasteiger partial charge in [0.15, 0.2) is 0 Å². The highest BCUT2D eigenvalue weighted by Crippen LogP contribution is 2.49. The van der Waals surface area contributed by atoms with Crippen molar-refractivity contribution in [1.82, 2.24) is 19.9 Å². The highest BCUT2D eigenvalue weighted by Gasteiger charge is 2.30. The van der Waals surface area contributed by atoms with E-state index < -0.39 is 5.97 Å². The maximum atomic E-state index is 12.3. The average Bonchev–Trinajstić information content (AvgIpc) is 1.61. The Hall–Kier alpha value is -16.1. The number of nitriles is 1. The monoisotopic (exact) mass is 1930 g/mol. The SMILES string of the molecule is CC(C)(C)c1ccc(N(c2ccc(-c3c4nc(c(-c5ccc(N(c6ccc(C(C)(C)C)cc6)c6ccc(C(C)(C)C)cc6)cc5)c5cc(C#Cc6ccc(/C=C(/C#N)C(=O)O)cc6)c([nH]5)c(-c5ccc(N(c6ccc(C(C)(C)C)cc6)c6ccc(C(C)(C)C)cc6)cc5)c5nc(c(-c6ccc(N(c7ccc(C(C)(C)C)cc7)c7ccc(C(C)(C)C)cc7)cc6)c6ccc3[nH]6)C=C5)C=C4)cc2)c2ccc(C(C)(C)C)cc2)cc1. The first-order valence-corrected chi connectivity index (χ1v) is 51.3. The second kappa shape index (κ2) is 39.5. The minimum absolute atomic E-state index is 0.0531. The molecule has 18 rings (SSSR count). The lowest BCUT2D eigenvalue weighted by Gasteiger charge is -2.28. The van der Waals surface area contributed by atoms with Gasteiger partial charge in [-0.1, -0.05) is 336 Å². The summed E-state index contributed by atoms with van der Waals surface area (Å²) in [6.07, 6.45) is 10.0. The standard InChI is InChI=1S/C136H135N9O2/c1-129(2,3)96-39-63-108(64-40-96)142(109-65-41-97(42-66-109)130(4,5)6)104-55-31-90(32-56-104)123-116-79-80-117(138-116)124(91-33-57-105(58-34-91)143(110-67-43-98(44-68-110)131(7,8)9)111-69-45-99(46-70-111)132(10,11)12)119-83-84-121(140-119)126(93-37-61-107(62-38-93)145(114-75-51-102(52-76-114)135(19,20)21)115-77-53-103(54-78-115)136(22,23)24)127-94(30-29-88-25-27-89(28-26-88)85-95(87-137)128(146)147)86-122(141-127)125(120-82-81-118(123)139-120)92-35-59-106(60-36-92)144(112-71-47-100(48-72-112)133(13,14)15)113-73-49-101(50-74-113)134(16,17)18/h25-28,31-86,138,141H,1-24H3,(H,146,147)/b95-85-,123-116?,123-118?,124-117?,124-119?,125-120?,125-122?,126-121?,127-126?. The van der Waals surface area contributed by atoms with E-state index in [0.29, 0.717) is 33.6 Å². The minimum atomic E-state index is -1.30. The quantitative estimate of drug-likeness (QED) is 0.0437. The van der Waals surface area contributed by atoms with Gasteiger partial charge in [0, 0.05) is 113 Å². The van der Waals surface area contributed by atoms with Gasteiger partial charge < -0.3 is 34.7 Å². The predicted molar refractivity (Wildman–Crippen MR) is 623 cm³/mol. The number of benzene rings is 13.